The summed E-state index contributed by atoms with van der Waals surface area (Å²) in [5.41, 5.74) is 0. The molecule has 0 aromatic carbocycles. The van der Waals surface area contributed by atoms with Gasteiger partial charge in [0.25, 0.3) is 0 Å². The molecule has 1 radical (unpaired) electrons. The quantitative estimate of drug-likeness (QED) is 0.401. The smallest absolute Gasteiger partial charge is 0.0501 e. The SMILES string of the molecule is [CH]=NC1CC1. The van der Waals surface area contributed by atoms with Crippen molar-refractivity contribution in [1.29, 1.82) is 0 Å². The number of hydrogen-bond acceptors (Lipinski definition) is 1. The van der Waals surface area contributed by atoms with E-state index in [1.807, 2.05) is 0 Å². The molecule has 0 aromatic rings. The second kappa shape index (κ2) is 0.814. The highest BCUT2D eigenvalue weighted by Gasteiger charge is 2.17. The zero-order chi connectivity index (χ0) is 3.70. The minimum Gasteiger partial charge on any atom is -0.288 e. The highest BCUT2D eigenvalue weighted by atomic mass is 14.8. The Balaban J connectivity index is 2.21. The first-order chi connectivity index (χ1) is 2.43. The van der Waals surface area contributed by atoms with Crippen LogP contribution in [0.25, 0.3) is 0 Å². The summed E-state index contributed by atoms with van der Waals surface area (Å²) in [6.45, 7) is 4.86. The van der Waals surface area contributed by atoms with Crippen LogP contribution in [0.4, 0.5) is 0 Å². The van der Waals surface area contributed by atoms with Gasteiger partial charge < -0.3 is 0 Å². The molecule has 0 saturated heterocycles. The van der Waals surface area contributed by atoms with E-state index < -0.39 is 0 Å². The number of aliphatic imine (C=N–C) groups is 1. The van der Waals surface area contributed by atoms with Crippen LogP contribution in [0.2, 0.25) is 0 Å². The molecule has 0 spiro atoms. The number of nitrogens with zero attached hydrogens (tertiary/aromatic N) is 1. The third-order valence-corrected chi connectivity index (χ3v) is 0.758. The third kappa shape index (κ3) is 0.469. The van der Waals surface area contributed by atoms with Crippen molar-refractivity contribution >= 4 is 6.72 Å². The average molecular weight is 68.1 g/mol. The van der Waals surface area contributed by atoms with E-state index in [0.717, 1.165) is 0 Å². The van der Waals surface area contributed by atoms with Crippen LogP contribution < -0.4 is 0 Å². The molecular weight excluding hydrogens is 62.1 g/mol. The largest absolute Gasteiger partial charge is 0.288 e. The first-order valence-corrected chi connectivity index (χ1v) is 1.83. The van der Waals surface area contributed by atoms with Gasteiger partial charge >= 0.3 is 0 Å². The Bertz CT molecular complexity index is 45.6. The van der Waals surface area contributed by atoms with Crippen LogP contribution in [0.1, 0.15) is 12.8 Å². The Morgan fingerprint density at radius 1 is 1.60 bits per heavy atom. The molecule has 1 fully saturated rings. The molecule has 1 aliphatic carbocycles. The molecule has 0 unspecified atom stereocenters. The second-order valence-corrected chi connectivity index (χ2v) is 1.38. The van der Waals surface area contributed by atoms with Crippen LogP contribution >= 0.6 is 0 Å². The van der Waals surface area contributed by atoms with Gasteiger partial charge in [-0.3, -0.25) is 4.99 Å². The maximum atomic E-state index is 4.86. The summed E-state index contributed by atoms with van der Waals surface area (Å²) in [4.78, 5) is 3.50. The molecule has 0 aromatic heterocycles. The molecule has 1 heteroatoms. The Morgan fingerprint density at radius 3 is 2.20 bits per heavy atom. The van der Waals surface area contributed by atoms with Gasteiger partial charge in [0.05, 0.1) is 6.04 Å². The first-order valence-electron chi connectivity index (χ1n) is 1.83. The highest BCUT2D eigenvalue weighted by Crippen LogP contribution is 2.21. The van der Waals surface area contributed by atoms with Gasteiger partial charge in [0.15, 0.2) is 0 Å². The van der Waals surface area contributed by atoms with Crippen LogP contribution in [0, 0.1) is 0 Å². The molecule has 27 valence electrons. The van der Waals surface area contributed by atoms with Gasteiger partial charge in [0.1, 0.15) is 0 Å². The Kier molecular flexibility index (Phi) is 0.469. The molecule has 0 amide bonds. The summed E-state index contributed by atoms with van der Waals surface area (Å²) in [5.74, 6) is 0. The van der Waals surface area contributed by atoms with Crippen molar-refractivity contribution in [2.75, 3.05) is 0 Å². The monoisotopic (exact) mass is 68.1 g/mol. The van der Waals surface area contributed by atoms with Crippen molar-refractivity contribution in [3.63, 3.8) is 0 Å². The normalized spacial score (nSPS) is 22.4. The van der Waals surface area contributed by atoms with E-state index in [4.69, 9.17) is 6.72 Å². The number of rotatable bonds is 1. The molecule has 1 aliphatic rings. The molecule has 1 rings (SSSR count). The fraction of sp³-hybridized carbons (Fsp3) is 0.750. The summed E-state index contributed by atoms with van der Waals surface area (Å²) in [6.07, 6.45) is 2.44. The van der Waals surface area contributed by atoms with Gasteiger partial charge in [-0.2, -0.15) is 0 Å². The first kappa shape index (κ1) is 2.88. The molecule has 0 bridgehead atoms. The summed E-state index contributed by atoms with van der Waals surface area (Å²) < 4.78 is 0. The topological polar surface area (TPSA) is 12.4 Å². The summed E-state index contributed by atoms with van der Waals surface area (Å²) in [7, 11) is 0. The van der Waals surface area contributed by atoms with Gasteiger partial charge in [-0.25, -0.2) is 0 Å². The van der Waals surface area contributed by atoms with E-state index in [-0.39, 0.29) is 0 Å². The molecule has 0 N–H and O–H groups in total. The van der Waals surface area contributed by atoms with Gasteiger partial charge in [0.2, 0.25) is 0 Å². The standard InChI is InChI=1S/C4H6N/c1-5-4-2-3-4/h1,4H,2-3H2. The van der Waals surface area contributed by atoms with Crippen molar-refractivity contribution in [3.05, 3.63) is 0 Å². The minimum absolute atomic E-state index is 0.537. The summed E-state index contributed by atoms with van der Waals surface area (Å²) in [5, 5.41) is 0. The maximum absolute atomic E-state index is 4.86. The molecule has 1 saturated carbocycles. The second-order valence-electron chi connectivity index (χ2n) is 1.38. The van der Waals surface area contributed by atoms with Crippen molar-refractivity contribution in [3.8, 4) is 0 Å². The minimum atomic E-state index is 0.537. The average Bonchev–Trinajstić information content (AvgIpc) is 2.12. The van der Waals surface area contributed by atoms with E-state index in [2.05, 4.69) is 4.99 Å². The van der Waals surface area contributed by atoms with E-state index in [1.165, 1.54) is 12.8 Å². The number of hydrogen-bond donors (Lipinski definition) is 0. The van der Waals surface area contributed by atoms with E-state index in [1.54, 1.807) is 0 Å². The maximum Gasteiger partial charge on any atom is 0.0501 e. The van der Waals surface area contributed by atoms with Gasteiger partial charge in [-0.15, -0.1) is 0 Å². The Labute approximate surface area is 31.7 Å². The summed E-state index contributed by atoms with van der Waals surface area (Å²) in [6, 6.07) is 0.537. The highest BCUT2D eigenvalue weighted by molar-refractivity contribution is 5.25. The van der Waals surface area contributed by atoms with Crippen LogP contribution in [-0.2, 0) is 0 Å². The van der Waals surface area contributed by atoms with E-state index >= 15 is 0 Å². The van der Waals surface area contributed by atoms with Crippen LogP contribution in [0.15, 0.2) is 4.99 Å². The van der Waals surface area contributed by atoms with E-state index in [0.29, 0.717) is 6.04 Å². The lowest BCUT2D eigenvalue weighted by Gasteiger charge is -1.65. The van der Waals surface area contributed by atoms with Crippen molar-refractivity contribution in [2.45, 2.75) is 18.9 Å². The van der Waals surface area contributed by atoms with Crippen LogP contribution in [0.3, 0.4) is 0 Å². The fourth-order valence-corrected chi connectivity index (χ4v) is 0.224. The predicted octanol–water partition coefficient (Wildman–Crippen LogP) is 0.726. The van der Waals surface area contributed by atoms with Gasteiger partial charge in [-0.1, -0.05) is 0 Å². The zero-order valence-electron chi connectivity index (χ0n) is 3.02. The fourth-order valence-electron chi connectivity index (χ4n) is 0.224. The van der Waals surface area contributed by atoms with Crippen LogP contribution in [-0.4, -0.2) is 12.8 Å². The van der Waals surface area contributed by atoms with E-state index in [9.17, 15) is 0 Å². The molecule has 0 heterocycles. The van der Waals surface area contributed by atoms with Crippen LogP contribution in [0.5, 0.6) is 0 Å². The lowest BCUT2D eigenvalue weighted by molar-refractivity contribution is 1.08. The molecule has 1 nitrogen and oxygen atoms in total. The Hall–Kier alpha value is -0.330. The molecular formula is C4H6N. The third-order valence-electron chi connectivity index (χ3n) is 0.758. The Morgan fingerprint density at radius 2 is 2.20 bits per heavy atom. The lowest BCUT2D eigenvalue weighted by atomic mass is 10.8. The molecule has 0 atom stereocenters. The van der Waals surface area contributed by atoms with Crippen molar-refractivity contribution < 1.29 is 0 Å². The molecule has 0 aliphatic heterocycles. The summed E-state index contributed by atoms with van der Waals surface area (Å²) >= 11 is 0. The zero-order valence-corrected chi connectivity index (χ0v) is 3.02. The van der Waals surface area contributed by atoms with Gasteiger partial charge in [-0.05, 0) is 12.8 Å². The predicted molar refractivity (Wildman–Crippen MR) is 21.5 cm³/mol. The lowest BCUT2D eigenvalue weighted by Crippen LogP contribution is -1.62. The van der Waals surface area contributed by atoms with Crippen molar-refractivity contribution in [1.82, 2.24) is 0 Å². The molecule has 5 heavy (non-hydrogen) atoms. The van der Waals surface area contributed by atoms with Gasteiger partial charge in [0, 0.05) is 6.72 Å². The van der Waals surface area contributed by atoms with Crippen molar-refractivity contribution in [2.24, 2.45) is 4.99 Å².